The molecular weight excluding hydrogens is 264 g/mol. The van der Waals surface area contributed by atoms with E-state index in [1.54, 1.807) is 22.7 Å². The van der Waals surface area contributed by atoms with Gasteiger partial charge in [-0.3, -0.25) is 4.79 Å². The molecule has 0 bridgehead atoms. The van der Waals surface area contributed by atoms with E-state index in [0.717, 1.165) is 27.6 Å². The summed E-state index contributed by atoms with van der Waals surface area (Å²) in [6, 6.07) is 2.06. The fraction of sp³-hybridized carbons (Fsp3) is 0.385. The third kappa shape index (κ3) is 2.33. The van der Waals surface area contributed by atoms with Gasteiger partial charge in [-0.15, -0.1) is 22.7 Å². The smallest absolute Gasteiger partial charge is 0.261 e. The van der Waals surface area contributed by atoms with Crippen LogP contribution in [0.15, 0.2) is 12.3 Å². The Morgan fingerprint density at radius 1 is 1.44 bits per heavy atom. The minimum atomic E-state index is 0.0421. The normalized spacial score (nSPS) is 13.6. The van der Waals surface area contributed by atoms with Gasteiger partial charge in [0.05, 0.1) is 16.4 Å². The lowest BCUT2D eigenvalue weighted by Crippen LogP contribution is -2.21. The molecule has 18 heavy (non-hydrogen) atoms. The molecule has 0 fully saturated rings. The second-order valence-electron chi connectivity index (χ2n) is 4.44. The minimum Gasteiger partial charge on any atom is -0.346 e. The molecule has 3 rings (SSSR count). The lowest BCUT2D eigenvalue weighted by molar-refractivity contribution is 0.0955. The summed E-state index contributed by atoms with van der Waals surface area (Å²) in [6.07, 6.45) is 5.34. The van der Waals surface area contributed by atoms with E-state index in [9.17, 15) is 4.79 Å². The van der Waals surface area contributed by atoms with Crippen LogP contribution in [0.3, 0.4) is 0 Å². The molecule has 1 amide bonds. The Hall–Kier alpha value is -1.20. The summed E-state index contributed by atoms with van der Waals surface area (Å²) in [5.41, 5.74) is 1.37. The molecule has 1 aliphatic carbocycles. The Morgan fingerprint density at radius 2 is 2.33 bits per heavy atom. The molecule has 0 unspecified atom stereocenters. The van der Waals surface area contributed by atoms with Crippen molar-refractivity contribution >= 4 is 28.6 Å². The zero-order valence-corrected chi connectivity index (χ0v) is 11.8. The second kappa shape index (κ2) is 4.82. The number of thiophene rings is 1. The second-order valence-corrected chi connectivity index (χ2v) is 6.90. The van der Waals surface area contributed by atoms with Crippen molar-refractivity contribution in [3.8, 4) is 0 Å². The Morgan fingerprint density at radius 3 is 3.06 bits per heavy atom. The first-order valence-electron chi connectivity index (χ1n) is 6.03. The van der Waals surface area contributed by atoms with Crippen molar-refractivity contribution in [2.45, 2.75) is 32.7 Å². The van der Waals surface area contributed by atoms with E-state index in [2.05, 4.69) is 16.4 Å². The van der Waals surface area contributed by atoms with Crippen LogP contribution in [0.1, 0.15) is 36.4 Å². The van der Waals surface area contributed by atoms with Crippen LogP contribution in [0.2, 0.25) is 0 Å². The molecule has 0 radical (unpaired) electrons. The topological polar surface area (TPSA) is 42.0 Å². The molecule has 2 aromatic rings. The lowest BCUT2D eigenvalue weighted by Gasteiger charge is -2.00. The minimum absolute atomic E-state index is 0.0421. The Kier molecular flexibility index (Phi) is 3.18. The zero-order chi connectivity index (χ0) is 12.5. The van der Waals surface area contributed by atoms with Crippen molar-refractivity contribution in [2.75, 3.05) is 0 Å². The van der Waals surface area contributed by atoms with E-state index in [0.29, 0.717) is 6.54 Å². The molecule has 0 atom stereocenters. The number of thiazole rings is 1. The van der Waals surface area contributed by atoms with Crippen LogP contribution in [0.5, 0.6) is 0 Å². The number of carbonyl (C=O) groups is 1. The summed E-state index contributed by atoms with van der Waals surface area (Å²) in [6.45, 7) is 2.55. The number of fused-ring (bicyclic) bond motifs is 1. The highest BCUT2D eigenvalue weighted by Gasteiger charge is 2.18. The zero-order valence-electron chi connectivity index (χ0n) is 10.2. The SMILES string of the molecule is Cc1ncc(CNC(=O)c2cc3c(s2)CCC3)s1. The first-order valence-corrected chi connectivity index (χ1v) is 7.67. The van der Waals surface area contributed by atoms with Crippen LogP contribution in [0, 0.1) is 6.92 Å². The number of hydrogen-bond acceptors (Lipinski definition) is 4. The van der Waals surface area contributed by atoms with Crippen LogP contribution < -0.4 is 5.32 Å². The van der Waals surface area contributed by atoms with Gasteiger partial charge >= 0.3 is 0 Å². The van der Waals surface area contributed by atoms with Crippen molar-refractivity contribution in [1.29, 1.82) is 0 Å². The Balaban J connectivity index is 1.64. The number of carbonyl (C=O) groups excluding carboxylic acids is 1. The number of nitrogens with zero attached hydrogens (tertiary/aromatic N) is 1. The third-order valence-corrected chi connectivity index (χ3v) is 5.21. The number of hydrogen-bond donors (Lipinski definition) is 1. The van der Waals surface area contributed by atoms with Gasteiger partial charge in [-0.05, 0) is 37.8 Å². The quantitative estimate of drug-likeness (QED) is 0.938. The van der Waals surface area contributed by atoms with Crippen molar-refractivity contribution in [2.24, 2.45) is 0 Å². The highest BCUT2D eigenvalue weighted by Crippen LogP contribution is 2.30. The molecule has 3 nitrogen and oxygen atoms in total. The standard InChI is InChI=1S/C13H14N2OS2/c1-8-14-6-10(17-8)7-15-13(16)12-5-9-3-2-4-11(9)18-12/h5-6H,2-4,7H2,1H3,(H,15,16). The van der Waals surface area contributed by atoms with Crippen molar-refractivity contribution in [3.05, 3.63) is 37.5 Å². The third-order valence-electron chi connectivity index (χ3n) is 3.06. The summed E-state index contributed by atoms with van der Waals surface area (Å²) in [5.74, 6) is 0.0421. The Labute approximate surface area is 114 Å². The van der Waals surface area contributed by atoms with E-state index >= 15 is 0 Å². The summed E-state index contributed by atoms with van der Waals surface area (Å²) in [5, 5.41) is 4.00. The molecule has 1 aliphatic rings. The van der Waals surface area contributed by atoms with E-state index in [1.165, 1.54) is 16.9 Å². The molecule has 1 N–H and O–H groups in total. The van der Waals surface area contributed by atoms with Gasteiger partial charge in [0.25, 0.3) is 5.91 Å². The number of aryl methyl sites for hydroxylation is 3. The number of amides is 1. The van der Waals surface area contributed by atoms with Crippen LogP contribution in [0.25, 0.3) is 0 Å². The number of nitrogens with one attached hydrogen (secondary N) is 1. The molecule has 0 aromatic carbocycles. The molecule has 0 saturated carbocycles. The average Bonchev–Trinajstić information content (AvgIpc) is 3.00. The van der Waals surface area contributed by atoms with Gasteiger partial charge < -0.3 is 5.32 Å². The maximum Gasteiger partial charge on any atom is 0.261 e. The van der Waals surface area contributed by atoms with Gasteiger partial charge in [-0.1, -0.05) is 0 Å². The van der Waals surface area contributed by atoms with E-state index in [4.69, 9.17) is 0 Å². The van der Waals surface area contributed by atoms with Crippen LogP contribution in [0.4, 0.5) is 0 Å². The lowest BCUT2D eigenvalue weighted by atomic mass is 10.2. The molecule has 0 aliphatic heterocycles. The van der Waals surface area contributed by atoms with Crippen LogP contribution in [-0.4, -0.2) is 10.9 Å². The fourth-order valence-electron chi connectivity index (χ4n) is 2.18. The summed E-state index contributed by atoms with van der Waals surface area (Å²) in [7, 11) is 0. The van der Waals surface area contributed by atoms with Crippen molar-refractivity contribution in [1.82, 2.24) is 10.3 Å². The van der Waals surface area contributed by atoms with E-state index in [1.807, 2.05) is 13.1 Å². The van der Waals surface area contributed by atoms with Gasteiger partial charge in [0.15, 0.2) is 0 Å². The predicted octanol–water partition coefficient (Wildman–Crippen LogP) is 2.93. The fourth-order valence-corrected chi connectivity index (χ4v) is 4.09. The molecule has 2 heterocycles. The molecular formula is C13H14N2OS2. The number of rotatable bonds is 3. The van der Waals surface area contributed by atoms with Crippen molar-refractivity contribution in [3.63, 3.8) is 0 Å². The summed E-state index contributed by atoms with van der Waals surface area (Å²) < 4.78 is 0. The highest BCUT2D eigenvalue weighted by molar-refractivity contribution is 7.14. The molecule has 0 spiro atoms. The van der Waals surface area contributed by atoms with Gasteiger partial charge in [0.2, 0.25) is 0 Å². The van der Waals surface area contributed by atoms with Gasteiger partial charge in [0, 0.05) is 16.0 Å². The van der Waals surface area contributed by atoms with E-state index < -0.39 is 0 Å². The summed E-state index contributed by atoms with van der Waals surface area (Å²) >= 11 is 3.27. The van der Waals surface area contributed by atoms with Crippen molar-refractivity contribution < 1.29 is 4.79 Å². The summed E-state index contributed by atoms with van der Waals surface area (Å²) in [4.78, 5) is 19.5. The monoisotopic (exact) mass is 278 g/mol. The maximum absolute atomic E-state index is 12.0. The van der Waals surface area contributed by atoms with Crippen LogP contribution >= 0.6 is 22.7 Å². The highest BCUT2D eigenvalue weighted by atomic mass is 32.1. The first kappa shape index (κ1) is 11.9. The van der Waals surface area contributed by atoms with Gasteiger partial charge in [-0.25, -0.2) is 4.98 Å². The first-order chi connectivity index (χ1) is 8.72. The predicted molar refractivity (Wildman–Crippen MR) is 74.4 cm³/mol. The van der Waals surface area contributed by atoms with Crippen LogP contribution in [-0.2, 0) is 19.4 Å². The molecule has 94 valence electrons. The maximum atomic E-state index is 12.0. The average molecular weight is 278 g/mol. The molecule has 0 saturated heterocycles. The molecule has 5 heteroatoms. The number of aromatic nitrogens is 1. The van der Waals surface area contributed by atoms with Gasteiger partial charge in [0.1, 0.15) is 0 Å². The largest absolute Gasteiger partial charge is 0.346 e. The Bertz CT molecular complexity index is 564. The van der Waals surface area contributed by atoms with E-state index in [-0.39, 0.29) is 5.91 Å². The molecule has 2 aromatic heterocycles. The van der Waals surface area contributed by atoms with Gasteiger partial charge in [-0.2, -0.15) is 0 Å².